The molecule has 0 unspecified atom stereocenters. The second kappa shape index (κ2) is 4.50. The van der Waals surface area contributed by atoms with E-state index < -0.39 is 0 Å². The molecule has 3 nitrogen and oxygen atoms in total. The molecule has 0 atom stereocenters. The number of aryl methyl sites for hydroxylation is 1. The number of nitrogens with zero attached hydrogens (tertiary/aromatic N) is 1. The van der Waals surface area contributed by atoms with E-state index in [-0.39, 0.29) is 5.91 Å². The Labute approximate surface area is 106 Å². The van der Waals surface area contributed by atoms with Crippen LogP contribution >= 0.6 is 0 Å². The minimum Gasteiger partial charge on any atom is -0.321 e. The van der Waals surface area contributed by atoms with Gasteiger partial charge >= 0.3 is 0 Å². The van der Waals surface area contributed by atoms with Crippen molar-refractivity contribution in [3.8, 4) is 6.07 Å². The maximum atomic E-state index is 11.6. The molecule has 1 N–H and O–H groups in total. The number of benzene rings is 1. The highest BCUT2D eigenvalue weighted by Crippen LogP contribution is 2.29. The standard InChI is InChI=1S/C15H14N2O/c1-9-6-4-5-7-12(9)13(8-16)14-10(2)11(3)15(18)17-14/h4-7H,1-3H3,(H,17,18)/b14-13-. The molecule has 2 rings (SSSR count). The number of hydrogen-bond acceptors (Lipinski definition) is 2. The highest BCUT2D eigenvalue weighted by molar-refractivity contribution is 6.03. The lowest BCUT2D eigenvalue weighted by atomic mass is 9.97. The van der Waals surface area contributed by atoms with Crippen molar-refractivity contribution in [2.45, 2.75) is 20.8 Å². The lowest BCUT2D eigenvalue weighted by molar-refractivity contribution is -0.116. The summed E-state index contributed by atoms with van der Waals surface area (Å²) >= 11 is 0. The first-order valence-electron chi connectivity index (χ1n) is 5.76. The molecule has 1 amide bonds. The highest BCUT2D eigenvalue weighted by atomic mass is 16.1. The first-order valence-corrected chi connectivity index (χ1v) is 5.76. The molecule has 0 bridgehead atoms. The van der Waals surface area contributed by atoms with Crippen LogP contribution in [0.1, 0.15) is 25.0 Å². The molecular formula is C15H14N2O. The number of hydrogen-bond donors (Lipinski definition) is 1. The molecule has 90 valence electrons. The molecule has 1 aromatic carbocycles. The van der Waals surface area contributed by atoms with Gasteiger partial charge < -0.3 is 5.32 Å². The molecule has 0 radical (unpaired) electrons. The van der Waals surface area contributed by atoms with Crippen molar-refractivity contribution in [3.63, 3.8) is 0 Å². The maximum absolute atomic E-state index is 11.6. The van der Waals surface area contributed by atoms with Crippen LogP contribution in [0.3, 0.4) is 0 Å². The molecule has 0 saturated heterocycles. The van der Waals surface area contributed by atoms with Crippen LogP contribution in [-0.4, -0.2) is 5.91 Å². The first-order chi connectivity index (χ1) is 8.56. The summed E-state index contributed by atoms with van der Waals surface area (Å²) in [4.78, 5) is 11.6. The normalized spacial score (nSPS) is 17.6. The van der Waals surface area contributed by atoms with Gasteiger partial charge in [-0.05, 0) is 37.5 Å². The van der Waals surface area contributed by atoms with Crippen molar-refractivity contribution < 1.29 is 4.79 Å². The fraction of sp³-hybridized carbons (Fsp3) is 0.200. The zero-order valence-corrected chi connectivity index (χ0v) is 10.7. The topological polar surface area (TPSA) is 52.9 Å². The van der Waals surface area contributed by atoms with Gasteiger partial charge in [-0.1, -0.05) is 24.3 Å². The summed E-state index contributed by atoms with van der Waals surface area (Å²) in [6.45, 7) is 5.58. The van der Waals surface area contributed by atoms with Crippen molar-refractivity contribution in [1.29, 1.82) is 5.26 Å². The van der Waals surface area contributed by atoms with Gasteiger partial charge in [-0.15, -0.1) is 0 Å². The lowest BCUT2D eigenvalue weighted by Gasteiger charge is -2.08. The zero-order chi connectivity index (χ0) is 13.3. The van der Waals surface area contributed by atoms with Gasteiger partial charge in [0.15, 0.2) is 0 Å². The fourth-order valence-corrected chi connectivity index (χ4v) is 2.01. The average molecular weight is 238 g/mol. The minimum atomic E-state index is -0.121. The smallest absolute Gasteiger partial charge is 0.251 e. The molecule has 0 spiro atoms. The number of nitriles is 1. The summed E-state index contributed by atoms with van der Waals surface area (Å²) in [5.41, 5.74) is 4.56. The summed E-state index contributed by atoms with van der Waals surface area (Å²) in [5.74, 6) is -0.121. The Kier molecular flexibility index (Phi) is 3.03. The van der Waals surface area contributed by atoms with E-state index in [1.807, 2.05) is 38.1 Å². The monoisotopic (exact) mass is 238 g/mol. The minimum absolute atomic E-state index is 0.121. The van der Waals surface area contributed by atoms with Crippen LogP contribution in [0.4, 0.5) is 0 Å². The van der Waals surface area contributed by atoms with E-state index in [0.717, 1.165) is 16.7 Å². The van der Waals surface area contributed by atoms with E-state index in [4.69, 9.17) is 0 Å². The summed E-state index contributed by atoms with van der Waals surface area (Å²) in [6.07, 6.45) is 0. The van der Waals surface area contributed by atoms with Crippen molar-refractivity contribution in [2.75, 3.05) is 0 Å². The largest absolute Gasteiger partial charge is 0.321 e. The molecule has 1 aliphatic heterocycles. The van der Waals surface area contributed by atoms with Gasteiger partial charge in [-0.25, -0.2) is 0 Å². The Bertz CT molecular complexity index is 630. The third-order valence-electron chi connectivity index (χ3n) is 3.29. The summed E-state index contributed by atoms with van der Waals surface area (Å²) in [5, 5.41) is 12.1. The van der Waals surface area contributed by atoms with Crippen LogP contribution in [0.15, 0.2) is 41.1 Å². The van der Waals surface area contributed by atoms with E-state index >= 15 is 0 Å². The van der Waals surface area contributed by atoms with E-state index in [9.17, 15) is 10.1 Å². The second-order valence-electron chi connectivity index (χ2n) is 4.38. The number of nitrogens with one attached hydrogen (secondary N) is 1. The third kappa shape index (κ3) is 1.82. The molecular weight excluding hydrogens is 224 g/mol. The zero-order valence-electron chi connectivity index (χ0n) is 10.7. The summed E-state index contributed by atoms with van der Waals surface area (Å²) in [6, 6.07) is 9.88. The summed E-state index contributed by atoms with van der Waals surface area (Å²) in [7, 11) is 0. The van der Waals surface area contributed by atoms with Crippen molar-refractivity contribution >= 4 is 11.5 Å². The molecule has 18 heavy (non-hydrogen) atoms. The Morgan fingerprint density at radius 2 is 1.83 bits per heavy atom. The molecule has 1 aliphatic rings. The molecule has 0 saturated carbocycles. The van der Waals surface area contributed by atoms with Crippen LogP contribution in [0.5, 0.6) is 0 Å². The Balaban J connectivity index is 2.66. The Morgan fingerprint density at radius 3 is 2.33 bits per heavy atom. The van der Waals surface area contributed by atoms with Crippen LogP contribution in [0.2, 0.25) is 0 Å². The molecule has 3 heteroatoms. The number of carbonyl (C=O) groups is 1. The van der Waals surface area contributed by atoms with E-state index in [1.165, 1.54) is 0 Å². The van der Waals surface area contributed by atoms with Crippen molar-refractivity contribution in [1.82, 2.24) is 5.32 Å². The van der Waals surface area contributed by atoms with Crippen molar-refractivity contribution in [3.05, 3.63) is 52.2 Å². The number of carbonyl (C=O) groups excluding carboxylic acids is 1. The van der Waals surface area contributed by atoms with Gasteiger partial charge in [0.25, 0.3) is 5.91 Å². The molecule has 0 aromatic heterocycles. The third-order valence-corrected chi connectivity index (χ3v) is 3.29. The first kappa shape index (κ1) is 12.1. The van der Waals surface area contributed by atoms with Gasteiger partial charge in [0.1, 0.15) is 6.07 Å². The molecule has 1 heterocycles. The Hall–Kier alpha value is -2.34. The molecule has 1 aromatic rings. The maximum Gasteiger partial charge on any atom is 0.251 e. The molecule has 0 aliphatic carbocycles. The number of allylic oxidation sites excluding steroid dienone is 2. The predicted octanol–water partition coefficient (Wildman–Crippen LogP) is 2.70. The fourth-order valence-electron chi connectivity index (χ4n) is 2.01. The van der Waals surface area contributed by atoms with E-state index in [2.05, 4.69) is 11.4 Å². The Morgan fingerprint density at radius 1 is 1.17 bits per heavy atom. The summed E-state index contributed by atoms with van der Waals surface area (Å²) < 4.78 is 0. The van der Waals surface area contributed by atoms with Gasteiger partial charge in [-0.3, -0.25) is 4.79 Å². The average Bonchev–Trinajstić information content (AvgIpc) is 2.61. The van der Waals surface area contributed by atoms with Crippen molar-refractivity contribution in [2.24, 2.45) is 0 Å². The van der Waals surface area contributed by atoms with Gasteiger partial charge in [0.2, 0.25) is 0 Å². The van der Waals surface area contributed by atoms with E-state index in [0.29, 0.717) is 16.8 Å². The van der Waals surface area contributed by atoms with Crippen LogP contribution in [0, 0.1) is 18.3 Å². The highest BCUT2D eigenvalue weighted by Gasteiger charge is 2.24. The van der Waals surface area contributed by atoms with Gasteiger partial charge in [-0.2, -0.15) is 5.26 Å². The second-order valence-corrected chi connectivity index (χ2v) is 4.38. The van der Waals surface area contributed by atoms with Crippen LogP contribution in [-0.2, 0) is 4.79 Å². The van der Waals surface area contributed by atoms with Gasteiger partial charge in [0, 0.05) is 5.57 Å². The quantitative estimate of drug-likeness (QED) is 0.765. The van der Waals surface area contributed by atoms with Gasteiger partial charge in [0.05, 0.1) is 11.3 Å². The number of rotatable bonds is 1. The van der Waals surface area contributed by atoms with Crippen LogP contribution in [0.25, 0.3) is 5.57 Å². The lowest BCUT2D eigenvalue weighted by Crippen LogP contribution is -2.16. The van der Waals surface area contributed by atoms with Crippen LogP contribution < -0.4 is 5.32 Å². The van der Waals surface area contributed by atoms with E-state index in [1.54, 1.807) is 6.92 Å². The predicted molar refractivity (Wildman–Crippen MR) is 70.2 cm³/mol. The SMILES string of the molecule is CC1=C(C)/C(=C(\C#N)c2ccccc2C)NC1=O. The number of amides is 1. The molecule has 0 fully saturated rings.